The van der Waals surface area contributed by atoms with Gasteiger partial charge in [0, 0.05) is 40.9 Å². The lowest BCUT2D eigenvalue weighted by atomic mass is 9.98. The maximum Gasteiger partial charge on any atom is 0.270 e. The molecule has 20 heavy (non-hydrogen) atoms. The molecule has 2 bridgehead atoms. The Balaban J connectivity index is 1.80. The first kappa shape index (κ1) is 14.1. The fraction of sp³-hybridized carbons (Fsp3) is 0.571. The van der Waals surface area contributed by atoms with E-state index in [2.05, 4.69) is 39.9 Å². The molecule has 2 heterocycles. The maximum atomic E-state index is 10.8. The lowest BCUT2D eigenvalue weighted by Gasteiger charge is -2.37. The number of hydrogen-bond donors (Lipinski definition) is 1. The van der Waals surface area contributed by atoms with E-state index in [9.17, 15) is 10.1 Å². The topological polar surface area (TPSA) is 58.4 Å². The monoisotopic (exact) mass is 387 g/mol. The van der Waals surface area contributed by atoms with Crippen molar-refractivity contribution in [1.82, 2.24) is 5.32 Å². The fourth-order valence-corrected chi connectivity index (χ4v) is 4.31. The molecule has 0 amide bonds. The highest BCUT2D eigenvalue weighted by atomic mass is 127. The molecule has 5 nitrogen and oxygen atoms in total. The summed E-state index contributed by atoms with van der Waals surface area (Å²) in [4.78, 5) is 12.8. The van der Waals surface area contributed by atoms with Crippen LogP contribution in [0.5, 0.6) is 0 Å². The summed E-state index contributed by atoms with van der Waals surface area (Å²) in [5, 5.41) is 14.5. The first-order chi connectivity index (χ1) is 9.54. The summed E-state index contributed by atoms with van der Waals surface area (Å²) >= 11 is 2.20. The Morgan fingerprint density at radius 3 is 2.55 bits per heavy atom. The molecule has 0 radical (unpaired) electrons. The Bertz CT molecular complexity index is 525. The molecular weight excluding hydrogens is 369 g/mol. The van der Waals surface area contributed by atoms with E-state index in [1.54, 1.807) is 12.1 Å². The van der Waals surface area contributed by atoms with Crippen LogP contribution in [0.1, 0.15) is 25.7 Å². The Labute approximate surface area is 132 Å². The van der Waals surface area contributed by atoms with Crippen molar-refractivity contribution in [3.05, 3.63) is 31.9 Å². The second-order valence-corrected chi connectivity index (χ2v) is 6.93. The van der Waals surface area contributed by atoms with E-state index < -0.39 is 0 Å². The third-order valence-electron chi connectivity index (χ3n) is 4.52. The van der Waals surface area contributed by atoms with Crippen LogP contribution in [0.25, 0.3) is 0 Å². The van der Waals surface area contributed by atoms with Crippen LogP contribution in [0.2, 0.25) is 0 Å². The van der Waals surface area contributed by atoms with E-state index >= 15 is 0 Å². The van der Waals surface area contributed by atoms with Crippen molar-refractivity contribution >= 4 is 34.0 Å². The van der Waals surface area contributed by atoms with Gasteiger partial charge in [-0.15, -0.1) is 0 Å². The van der Waals surface area contributed by atoms with Gasteiger partial charge in [-0.3, -0.25) is 10.1 Å². The van der Waals surface area contributed by atoms with Crippen LogP contribution in [0, 0.1) is 13.7 Å². The highest BCUT2D eigenvalue weighted by Gasteiger charge is 2.35. The number of hydrogen-bond acceptors (Lipinski definition) is 4. The Morgan fingerprint density at radius 2 is 2.00 bits per heavy atom. The van der Waals surface area contributed by atoms with E-state index in [1.807, 2.05) is 6.07 Å². The Hall–Kier alpha value is -0.890. The molecule has 0 saturated carbocycles. The number of nitrogens with zero attached hydrogens (tertiary/aromatic N) is 2. The van der Waals surface area contributed by atoms with Gasteiger partial charge in [-0.2, -0.15) is 0 Å². The van der Waals surface area contributed by atoms with Crippen molar-refractivity contribution in [3.8, 4) is 0 Å². The molecule has 2 atom stereocenters. The summed E-state index contributed by atoms with van der Waals surface area (Å²) in [5.41, 5.74) is 1.26. The average Bonchev–Trinajstić information content (AvgIpc) is 2.76. The van der Waals surface area contributed by atoms with Crippen molar-refractivity contribution in [1.29, 1.82) is 0 Å². The quantitative estimate of drug-likeness (QED) is 0.492. The number of anilines is 1. The zero-order valence-electron chi connectivity index (χ0n) is 11.4. The highest BCUT2D eigenvalue weighted by molar-refractivity contribution is 14.1. The van der Waals surface area contributed by atoms with E-state index in [4.69, 9.17) is 0 Å². The van der Waals surface area contributed by atoms with Gasteiger partial charge >= 0.3 is 0 Å². The van der Waals surface area contributed by atoms with Crippen LogP contribution in [0.3, 0.4) is 0 Å². The lowest BCUT2D eigenvalue weighted by molar-refractivity contribution is -0.384. The Kier molecular flexibility index (Phi) is 3.85. The maximum absolute atomic E-state index is 10.8. The number of nitro groups is 1. The molecule has 1 aromatic carbocycles. The number of fused-ring (bicyclic) bond motifs is 2. The van der Waals surface area contributed by atoms with Crippen molar-refractivity contribution in [2.24, 2.45) is 0 Å². The molecule has 0 spiro atoms. The predicted molar refractivity (Wildman–Crippen MR) is 87.2 cm³/mol. The molecule has 2 aliphatic heterocycles. The van der Waals surface area contributed by atoms with Crippen LogP contribution in [-0.2, 0) is 0 Å². The lowest BCUT2D eigenvalue weighted by Crippen LogP contribution is -2.47. The van der Waals surface area contributed by atoms with Gasteiger partial charge in [-0.1, -0.05) is 0 Å². The zero-order chi connectivity index (χ0) is 14.3. The molecule has 2 aliphatic rings. The van der Waals surface area contributed by atoms with Crippen molar-refractivity contribution in [2.75, 3.05) is 11.9 Å². The molecule has 2 fully saturated rings. The number of benzene rings is 1. The number of nitro benzene ring substituents is 1. The highest BCUT2D eigenvalue weighted by Crippen LogP contribution is 2.34. The fourth-order valence-electron chi connectivity index (χ4n) is 3.44. The predicted octanol–water partition coefficient (Wildman–Crippen LogP) is 2.92. The molecule has 6 heteroatoms. The standard InChI is InChI=1S/C14H18IN3O2/c1-17(12-6-9-2-3-10(7-12)16-9)14-5-4-11(18(19)20)8-13(14)15/h4-5,8-10,12,16H,2-3,6-7H2,1H3. The molecule has 108 valence electrons. The normalized spacial score (nSPS) is 28.4. The van der Waals surface area contributed by atoms with Gasteiger partial charge < -0.3 is 10.2 Å². The number of halogens is 1. The van der Waals surface area contributed by atoms with Crippen LogP contribution < -0.4 is 10.2 Å². The number of non-ortho nitro benzene ring substituents is 1. The summed E-state index contributed by atoms with van der Waals surface area (Å²) in [6.45, 7) is 0. The summed E-state index contributed by atoms with van der Waals surface area (Å²) in [6, 6.07) is 6.97. The molecule has 2 unspecified atom stereocenters. The van der Waals surface area contributed by atoms with Crippen molar-refractivity contribution < 1.29 is 4.92 Å². The minimum Gasteiger partial charge on any atom is -0.371 e. The number of piperidine rings is 1. The third kappa shape index (κ3) is 2.63. The van der Waals surface area contributed by atoms with E-state index in [-0.39, 0.29) is 10.6 Å². The van der Waals surface area contributed by atoms with Gasteiger partial charge in [-0.05, 0) is 54.3 Å². The summed E-state index contributed by atoms with van der Waals surface area (Å²) < 4.78 is 0.949. The van der Waals surface area contributed by atoms with Gasteiger partial charge in [-0.25, -0.2) is 0 Å². The molecule has 2 saturated heterocycles. The smallest absolute Gasteiger partial charge is 0.270 e. The van der Waals surface area contributed by atoms with Gasteiger partial charge in [0.1, 0.15) is 0 Å². The van der Waals surface area contributed by atoms with E-state index in [1.165, 1.54) is 25.7 Å². The first-order valence-corrected chi connectivity index (χ1v) is 8.05. The van der Waals surface area contributed by atoms with Gasteiger partial charge in [0.05, 0.1) is 10.6 Å². The molecular formula is C14H18IN3O2. The van der Waals surface area contributed by atoms with Gasteiger partial charge in [0.25, 0.3) is 5.69 Å². The van der Waals surface area contributed by atoms with Crippen LogP contribution in [-0.4, -0.2) is 30.1 Å². The van der Waals surface area contributed by atoms with E-state index in [0.29, 0.717) is 18.1 Å². The summed E-state index contributed by atoms with van der Waals surface area (Å²) in [7, 11) is 2.11. The Morgan fingerprint density at radius 1 is 1.35 bits per heavy atom. The minimum absolute atomic E-state index is 0.164. The molecule has 0 aliphatic carbocycles. The average molecular weight is 387 g/mol. The van der Waals surface area contributed by atoms with Crippen molar-refractivity contribution in [2.45, 2.75) is 43.8 Å². The van der Waals surface area contributed by atoms with Crippen LogP contribution >= 0.6 is 22.6 Å². The van der Waals surface area contributed by atoms with Gasteiger partial charge in [0.2, 0.25) is 0 Å². The zero-order valence-corrected chi connectivity index (χ0v) is 13.5. The second-order valence-electron chi connectivity index (χ2n) is 5.77. The summed E-state index contributed by atoms with van der Waals surface area (Å²) in [6.07, 6.45) is 4.90. The number of nitrogens with one attached hydrogen (secondary N) is 1. The molecule has 0 aromatic heterocycles. The largest absolute Gasteiger partial charge is 0.371 e. The van der Waals surface area contributed by atoms with Crippen LogP contribution in [0.4, 0.5) is 11.4 Å². The molecule has 1 aromatic rings. The third-order valence-corrected chi connectivity index (χ3v) is 5.38. The van der Waals surface area contributed by atoms with Crippen molar-refractivity contribution in [3.63, 3.8) is 0 Å². The SMILES string of the molecule is CN(c1ccc([N+](=O)[O-])cc1I)C1CC2CCC(C1)N2. The van der Waals surface area contributed by atoms with Gasteiger partial charge in [0.15, 0.2) is 0 Å². The summed E-state index contributed by atoms with van der Waals surface area (Å²) in [5.74, 6) is 0. The minimum atomic E-state index is -0.337. The molecule has 1 N–H and O–H groups in total. The second kappa shape index (κ2) is 5.48. The molecule has 3 rings (SSSR count). The first-order valence-electron chi connectivity index (χ1n) is 6.97. The van der Waals surface area contributed by atoms with E-state index in [0.717, 1.165) is 9.26 Å². The van der Waals surface area contributed by atoms with Crippen LogP contribution in [0.15, 0.2) is 18.2 Å². The number of rotatable bonds is 3.